The molecule has 26 heavy (non-hydrogen) atoms. The first kappa shape index (κ1) is 18.1. The Balaban J connectivity index is 1.58. The number of imidazole rings is 1. The van der Waals surface area contributed by atoms with Gasteiger partial charge in [-0.2, -0.15) is 0 Å². The van der Waals surface area contributed by atoms with Crippen LogP contribution in [0.3, 0.4) is 0 Å². The fourth-order valence-corrected chi connectivity index (χ4v) is 3.40. The molecule has 0 spiro atoms. The van der Waals surface area contributed by atoms with Crippen molar-refractivity contribution in [1.29, 1.82) is 0 Å². The third-order valence-corrected chi connectivity index (χ3v) is 4.85. The predicted octanol–water partition coefficient (Wildman–Crippen LogP) is 3.60. The van der Waals surface area contributed by atoms with Crippen molar-refractivity contribution in [3.05, 3.63) is 72.1 Å². The lowest BCUT2D eigenvalue weighted by atomic mass is 10.2. The molecule has 5 nitrogen and oxygen atoms in total. The standard InChI is InChI=1S/C20H21N3O2S/c1-15-6-5-8-17(12-15)23-11-10-21-20(23)26-14-19(24)22-13-16-7-3-4-9-18(16)25-2/h3-12H,13-14H2,1-2H3,(H,22,24). The minimum Gasteiger partial charge on any atom is -0.496 e. The number of methoxy groups -OCH3 is 1. The second-order valence-electron chi connectivity index (χ2n) is 5.80. The van der Waals surface area contributed by atoms with Gasteiger partial charge >= 0.3 is 0 Å². The number of amides is 1. The Bertz CT molecular complexity index is 892. The molecule has 0 saturated carbocycles. The van der Waals surface area contributed by atoms with Gasteiger partial charge in [-0.15, -0.1) is 0 Å². The van der Waals surface area contributed by atoms with E-state index >= 15 is 0 Å². The van der Waals surface area contributed by atoms with Crippen molar-refractivity contribution in [1.82, 2.24) is 14.9 Å². The van der Waals surface area contributed by atoms with Crippen LogP contribution in [0.4, 0.5) is 0 Å². The molecule has 134 valence electrons. The molecular weight excluding hydrogens is 346 g/mol. The Morgan fingerprint density at radius 2 is 2.08 bits per heavy atom. The largest absolute Gasteiger partial charge is 0.496 e. The highest BCUT2D eigenvalue weighted by Gasteiger charge is 2.10. The fourth-order valence-electron chi connectivity index (χ4n) is 2.59. The molecule has 1 amide bonds. The van der Waals surface area contributed by atoms with Gasteiger partial charge in [0.05, 0.1) is 12.9 Å². The van der Waals surface area contributed by atoms with Crippen molar-refractivity contribution in [3.8, 4) is 11.4 Å². The van der Waals surface area contributed by atoms with E-state index < -0.39 is 0 Å². The first-order valence-corrected chi connectivity index (χ1v) is 9.27. The maximum absolute atomic E-state index is 12.2. The van der Waals surface area contributed by atoms with E-state index in [2.05, 4.69) is 29.4 Å². The van der Waals surface area contributed by atoms with E-state index in [0.29, 0.717) is 12.3 Å². The minimum absolute atomic E-state index is 0.0419. The van der Waals surface area contributed by atoms with Gasteiger partial charge in [0.2, 0.25) is 5.91 Å². The van der Waals surface area contributed by atoms with Crippen LogP contribution in [0.1, 0.15) is 11.1 Å². The molecule has 0 atom stereocenters. The lowest BCUT2D eigenvalue weighted by molar-refractivity contribution is -0.118. The number of aromatic nitrogens is 2. The van der Waals surface area contributed by atoms with E-state index in [1.54, 1.807) is 13.3 Å². The molecule has 0 aliphatic carbocycles. The van der Waals surface area contributed by atoms with E-state index in [0.717, 1.165) is 22.2 Å². The number of carbonyl (C=O) groups is 1. The summed E-state index contributed by atoms with van der Waals surface area (Å²) in [5.74, 6) is 1.04. The first-order valence-electron chi connectivity index (χ1n) is 8.29. The van der Waals surface area contributed by atoms with Crippen LogP contribution in [0.25, 0.3) is 5.69 Å². The van der Waals surface area contributed by atoms with Gasteiger partial charge in [-0.05, 0) is 30.7 Å². The smallest absolute Gasteiger partial charge is 0.230 e. The van der Waals surface area contributed by atoms with Crippen molar-refractivity contribution < 1.29 is 9.53 Å². The SMILES string of the molecule is COc1ccccc1CNC(=O)CSc1nccn1-c1cccc(C)c1. The van der Waals surface area contributed by atoms with E-state index in [9.17, 15) is 4.79 Å². The average Bonchev–Trinajstić information content (AvgIpc) is 3.13. The monoisotopic (exact) mass is 367 g/mol. The lowest BCUT2D eigenvalue weighted by Crippen LogP contribution is -2.25. The number of thioether (sulfide) groups is 1. The van der Waals surface area contributed by atoms with Gasteiger partial charge in [0, 0.05) is 30.2 Å². The van der Waals surface area contributed by atoms with Crippen LogP contribution in [-0.2, 0) is 11.3 Å². The maximum atomic E-state index is 12.2. The molecule has 0 aliphatic rings. The molecule has 1 N–H and O–H groups in total. The Morgan fingerprint density at radius 3 is 2.88 bits per heavy atom. The molecule has 1 heterocycles. The van der Waals surface area contributed by atoms with Crippen molar-refractivity contribution in [3.63, 3.8) is 0 Å². The zero-order valence-electron chi connectivity index (χ0n) is 14.8. The second-order valence-corrected chi connectivity index (χ2v) is 6.74. The molecule has 3 aromatic rings. The van der Waals surface area contributed by atoms with E-state index in [-0.39, 0.29) is 5.91 Å². The van der Waals surface area contributed by atoms with Crippen molar-refractivity contribution in [2.45, 2.75) is 18.6 Å². The third kappa shape index (κ3) is 4.46. The Labute approximate surface area is 157 Å². The van der Waals surface area contributed by atoms with E-state index in [1.165, 1.54) is 17.3 Å². The molecule has 0 radical (unpaired) electrons. The number of para-hydroxylation sites is 1. The molecule has 0 aliphatic heterocycles. The number of benzene rings is 2. The van der Waals surface area contributed by atoms with Crippen LogP contribution in [0.2, 0.25) is 0 Å². The number of carbonyl (C=O) groups excluding carboxylic acids is 1. The van der Waals surface area contributed by atoms with Crippen LogP contribution >= 0.6 is 11.8 Å². The zero-order valence-corrected chi connectivity index (χ0v) is 15.6. The summed E-state index contributed by atoms with van der Waals surface area (Å²) in [5, 5.41) is 3.72. The molecule has 3 rings (SSSR count). The molecule has 0 fully saturated rings. The molecule has 0 saturated heterocycles. The summed E-state index contributed by atoms with van der Waals surface area (Å²) in [5.41, 5.74) is 3.18. The van der Waals surface area contributed by atoms with Crippen molar-refractivity contribution >= 4 is 17.7 Å². The molecular formula is C20H21N3O2S. The summed E-state index contributed by atoms with van der Waals surface area (Å²) in [4.78, 5) is 16.6. The number of ether oxygens (including phenoxy) is 1. The number of aryl methyl sites for hydroxylation is 1. The lowest BCUT2D eigenvalue weighted by Gasteiger charge is -2.10. The summed E-state index contributed by atoms with van der Waals surface area (Å²) >= 11 is 1.42. The molecule has 0 bridgehead atoms. The quantitative estimate of drug-likeness (QED) is 0.648. The van der Waals surface area contributed by atoms with Gasteiger partial charge in [0.25, 0.3) is 0 Å². The third-order valence-electron chi connectivity index (χ3n) is 3.89. The van der Waals surface area contributed by atoms with Crippen LogP contribution in [0, 0.1) is 6.92 Å². The van der Waals surface area contributed by atoms with E-state index in [1.807, 2.05) is 47.2 Å². The van der Waals surface area contributed by atoms with Crippen LogP contribution in [-0.4, -0.2) is 28.3 Å². The average molecular weight is 367 g/mol. The number of hydrogen-bond donors (Lipinski definition) is 1. The number of rotatable bonds is 7. The van der Waals surface area contributed by atoms with Gasteiger partial charge in [-0.25, -0.2) is 4.98 Å². The predicted molar refractivity (Wildman–Crippen MR) is 104 cm³/mol. The summed E-state index contributed by atoms with van der Waals surface area (Å²) in [6, 6.07) is 15.8. The summed E-state index contributed by atoms with van der Waals surface area (Å²) in [6.45, 7) is 2.49. The van der Waals surface area contributed by atoms with Gasteiger partial charge < -0.3 is 10.1 Å². The highest BCUT2D eigenvalue weighted by Crippen LogP contribution is 2.21. The topological polar surface area (TPSA) is 56.1 Å². The highest BCUT2D eigenvalue weighted by atomic mass is 32.2. The summed E-state index contributed by atoms with van der Waals surface area (Å²) in [7, 11) is 1.63. The molecule has 1 aromatic heterocycles. The molecule has 6 heteroatoms. The maximum Gasteiger partial charge on any atom is 0.230 e. The molecule has 0 unspecified atom stereocenters. The normalized spacial score (nSPS) is 10.5. The molecule has 2 aromatic carbocycles. The number of hydrogen-bond acceptors (Lipinski definition) is 4. The van der Waals surface area contributed by atoms with Gasteiger partial charge in [0.15, 0.2) is 5.16 Å². The van der Waals surface area contributed by atoms with Crippen LogP contribution < -0.4 is 10.1 Å². The first-order chi connectivity index (χ1) is 12.7. The summed E-state index contributed by atoms with van der Waals surface area (Å²) in [6.07, 6.45) is 3.65. The summed E-state index contributed by atoms with van der Waals surface area (Å²) < 4.78 is 7.29. The van der Waals surface area contributed by atoms with Gasteiger partial charge in [0.1, 0.15) is 5.75 Å². The second kappa shape index (κ2) is 8.58. The van der Waals surface area contributed by atoms with Crippen LogP contribution in [0.15, 0.2) is 66.1 Å². The van der Waals surface area contributed by atoms with E-state index in [4.69, 9.17) is 4.74 Å². The van der Waals surface area contributed by atoms with Crippen molar-refractivity contribution in [2.75, 3.05) is 12.9 Å². The number of nitrogens with zero attached hydrogens (tertiary/aromatic N) is 2. The van der Waals surface area contributed by atoms with Crippen LogP contribution in [0.5, 0.6) is 5.75 Å². The minimum atomic E-state index is -0.0419. The Morgan fingerprint density at radius 1 is 1.23 bits per heavy atom. The number of nitrogens with one attached hydrogen (secondary N) is 1. The Kier molecular flexibility index (Phi) is 5.96. The van der Waals surface area contributed by atoms with Gasteiger partial charge in [-0.1, -0.05) is 42.1 Å². The zero-order chi connectivity index (χ0) is 18.4. The fraction of sp³-hybridized carbons (Fsp3) is 0.200. The van der Waals surface area contributed by atoms with Gasteiger partial charge in [-0.3, -0.25) is 9.36 Å². The highest BCUT2D eigenvalue weighted by molar-refractivity contribution is 7.99. The Hall–Kier alpha value is -2.73. The van der Waals surface area contributed by atoms with Crippen molar-refractivity contribution in [2.24, 2.45) is 0 Å².